The van der Waals surface area contributed by atoms with Crippen LogP contribution in [-0.2, 0) is 4.79 Å². The van der Waals surface area contributed by atoms with Gasteiger partial charge >= 0.3 is 5.97 Å². The van der Waals surface area contributed by atoms with Crippen molar-refractivity contribution in [3.8, 4) is 0 Å². The Bertz CT molecular complexity index is 176. The minimum atomic E-state index is -0.892. The van der Waals surface area contributed by atoms with E-state index in [9.17, 15) is 9.90 Å². The van der Waals surface area contributed by atoms with Gasteiger partial charge in [0.15, 0.2) is 0 Å². The quantitative estimate of drug-likeness (QED) is 0.567. The third-order valence-electron chi connectivity index (χ3n) is 1.90. The Morgan fingerprint density at radius 2 is 2.42 bits per heavy atom. The van der Waals surface area contributed by atoms with Gasteiger partial charge in [0, 0.05) is 11.0 Å². The van der Waals surface area contributed by atoms with E-state index in [-0.39, 0.29) is 5.25 Å². The Kier molecular flexibility index (Phi) is 3.37. The molecule has 1 aliphatic heterocycles. The predicted octanol–water partition coefficient (Wildman–Crippen LogP) is -0.127. The molecule has 0 aromatic rings. The maximum Gasteiger partial charge on any atom is 0.321 e. The number of carboxylic acid groups (broad SMARTS) is 1. The lowest BCUT2D eigenvalue weighted by atomic mass is 10.2. The zero-order valence-corrected chi connectivity index (χ0v) is 7.67. The molecule has 1 fully saturated rings. The van der Waals surface area contributed by atoms with E-state index in [0.29, 0.717) is 5.75 Å². The maximum absolute atomic E-state index is 10.5. The maximum atomic E-state index is 10.5. The first kappa shape index (κ1) is 9.83. The van der Waals surface area contributed by atoms with Gasteiger partial charge in [0.1, 0.15) is 12.3 Å². The summed E-state index contributed by atoms with van der Waals surface area (Å²) < 4.78 is 0. The monoisotopic (exact) mass is 191 g/mol. The van der Waals surface area contributed by atoms with E-state index in [1.54, 1.807) is 0 Å². The fraction of sp³-hybridized carbons (Fsp3) is 0.857. The molecule has 0 saturated carbocycles. The SMILES string of the molecule is CCC1SCC(C(=O)O)NC1O. The summed E-state index contributed by atoms with van der Waals surface area (Å²) in [5, 5.41) is 20.8. The van der Waals surface area contributed by atoms with Crippen molar-refractivity contribution in [1.29, 1.82) is 0 Å². The number of thioether (sulfide) groups is 1. The van der Waals surface area contributed by atoms with Gasteiger partial charge in [-0.2, -0.15) is 11.8 Å². The van der Waals surface area contributed by atoms with E-state index < -0.39 is 18.2 Å². The summed E-state index contributed by atoms with van der Waals surface area (Å²) >= 11 is 1.51. The van der Waals surface area contributed by atoms with E-state index in [4.69, 9.17) is 5.11 Å². The van der Waals surface area contributed by atoms with Crippen LogP contribution >= 0.6 is 11.8 Å². The van der Waals surface area contributed by atoms with Crippen LogP contribution in [0.4, 0.5) is 0 Å². The number of aliphatic carboxylic acids is 1. The number of aliphatic hydroxyl groups excluding tert-OH is 1. The molecule has 0 bridgehead atoms. The summed E-state index contributed by atoms with van der Waals surface area (Å²) in [6.07, 6.45) is 0.167. The van der Waals surface area contributed by atoms with Gasteiger partial charge in [-0.1, -0.05) is 6.92 Å². The van der Waals surface area contributed by atoms with Crippen LogP contribution in [-0.4, -0.2) is 39.5 Å². The van der Waals surface area contributed by atoms with Crippen molar-refractivity contribution in [3.63, 3.8) is 0 Å². The Morgan fingerprint density at radius 3 is 2.83 bits per heavy atom. The molecule has 4 nitrogen and oxygen atoms in total. The first-order valence-electron chi connectivity index (χ1n) is 3.93. The zero-order valence-electron chi connectivity index (χ0n) is 6.86. The highest BCUT2D eigenvalue weighted by atomic mass is 32.2. The molecule has 70 valence electrons. The highest BCUT2D eigenvalue weighted by Gasteiger charge is 2.31. The molecule has 0 aromatic carbocycles. The molecular formula is C7H13NO3S. The third kappa shape index (κ3) is 2.12. The van der Waals surface area contributed by atoms with Crippen molar-refractivity contribution in [1.82, 2.24) is 5.32 Å². The summed E-state index contributed by atoms with van der Waals surface area (Å²) in [5.41, 5.74) is 0. The van der Waals surface area contributed by atoms with Crippen LogP contribution in [0.15, 0.2) is 0 Å². The lowest BCUT2D eigenvalue weighted by Crippen LogP contribution is -2.53. The molecular weight excluding hydrogens is 178 g/mol. The number of hydrogen-bond acceptors (Lipinski definition) is 4. The van der Waals surface area contributed by atoms with Crippen molar-refractivity contribution in [2.75, 3.05) is 5.75 Å². The Labute approximate surface area is 75.3 Å². The number of aliphatic hydroxyl groups is 1. The Morgan fingerprint density at radius 1 is 1.75 bits per heavy atom. The molecule has 1 aliphatic rings. The molecule has 1 saturated heterocycles. The van der Waals surface area contributed by atoms with E-state index in [1.807, 2.05) is 6.92 Å². The number of carbonyl (C=O) groups is 1. The van der Waals surface area contributed by atoms with Crippen LogP contribution < -0.4 is 5.32 Å². The van der Waals surface area contributed by atoms with Gasteiger partial charge in [-0.25, -0.2) is 0 Å². The number of carboxylic acids is 1. The van der Waals surface area contributed by atoms with Crippen LogP contribution in [0.5, 0.6) is 0 Å². The third-order valence-corrected chi connectivity index (χ3v) is 3.45. The molecule has 0 amide bonds. The van der Waals surface area contributed by atoms with E-state index in [2.05, 4.69) is 5.32 Å². The molecule has 0 aliphatic carbocycles. The topological polar surface area (TPSA) is 69.6 Å². The summed E-state index contributed by atoms with van der Waals surface area (Å²) in [4.78, 5) is 10.5. The standard InChI is InChI=1S/C7H13NO3S/c1-2-5-6(9)8-4(3-12-5)7(10)11/h4-6,8-9H,2-3H2,1H3,(H,10,11). The van der Waals surface area contributed by atoms with Crippen molar-refractivity contribution in [2.45, 2.75) is 30.9 Å². The van der Waals surface area contributed by atoms with Crippen molar-refractivity contribution in [3.05, 3.63) is 0 Å². The minimum absolute atomic E-state index is 0.126. The Hall–Kier alpha value is -0.260. The van der Waals surface area contributed by atoms with Gasteiger partial charge in [-0.15, -0.1) is 0 Å². The lowest BCUT2D eigenvalue weighted by Gasteiger charge is -2.31. The largest absolute Gasteiger partial charge is 0.480 e. The minimum Gasteiger partial charge on any atom is -0.480 e. The molecule has 0 spiro atoms. The van der Waals surface area contributed by atoms with Gasteiger partial charge in [0.25, 0.3) is 0 Å². The average Bonchev–Trinajstić information content (AvgIpc) is 2.04. The summed E-state index contributed by atoms with van der Waals surface area (Å²) in [7, 11) is 0. The van der Waals surface area contributed by atoms with Crippen LogP contribution in [0, 0.1) is 0 Å². The summed E-state index contributed by atoms with van der Waals surface area (Å²) in [6.45, 7) is 1.98. The summed E-state index contributed by atoms with van der Waals surface area (Å²) in [5.74, 6) is -0.360. The van der Waals surface area contributed by atoms with Crippen molar-refractivity contribution in [2.24, 2.45) is 0 Å². The smallest absolute Gasteiger partial charge is 0.321 e. The molecule has 0 aromatic heterocycles. The molecule has 1 heterocycles. The van der Waals surface area contributed by atoms with Gasteiger partial charge < -0.3 is 10.2 Å². The fourth-order valence-corrected chi connectivity index (χ4v) is 2.33. The first-order chi connectivity index (χ1) is 5.65. The molecule has 5 heteroatoms. The molecule has 3 N–H and O–H groups in total. The molecule has 1 rings (SSSR count). The normalized spacial score (nSPS) is 36.3. The van der Waals surface area contributed by atoms with Crippen molar-refractivity contribution < 1.29 is 15.0 Å². The number of rotatable bonds is 2. The summed E-state index contributed by atoms with van der Waals surface area (Å²) in [6, 6.07) is -0.604. The van der Waals surface area contributed by atoms with Gasteiger partial charge in [-0.05, 0) is 6.42 Å². The van der Waals surface area contributed by atoms with Gasteiger partial charge in [0.2, 0.25) is 0 Å². The second-order valence-electron chi connectivity index (χ2n) is 2.78. The van der Waals surface area contributed by atoms with Crippen molar-refractivity contribution >= 4 is 17.7 Å². The highest BCUT2D eigenvalue weighted by Crippen LogP contribution is 2.22. The Balaban J connectivity index is 2.46. The van der Waals surface area contributed by atoms with E-state index in [0.717, 1.165) is 6.42 Å². The molecule has 3 unspecified atom stereocenters. The van der Waals surface area contributed by atoms with Gasteiger partial charge in [0.05, 0.1) is 0 Å². The van der Waals surface area contributed by atoms with E-state index in [1.165, 1.54) is 11.8 Å². The van der Waals surface area contributed by atoms with Crippen LogP contribution in [0.3, 0.4) is 0 Å². The average molecular weight is 191 g/mol. The molecule has 0 radical (unpaired) electrons. The predicted molar refractivity (Wildman–Crippen MR) is 47.1 cm³/mol. The van der Waals surface area contributed by atoms with Crippen LogP contribution in [0.25, 0.3) is 0 Å². The van der Waals surface area contributed by atoms with Crippen LogP contribution in [0.2, 0.25) is 0 Å². The van der Waals surface area contributed by atoms with Gasteiger partial charge in [-0.3, -0.25) is 10.1 Å². The fourth-order valence-electron chi connectivity index (χ4n) is 1.16. The first-order valence-corrected chi connectivity index (χ1v) is 4.98. The van der Waals surface area contributed by atoms with Crippen LogP contribution in [0.1, 0.15) is 13.3 Å². The number of nitrogens with one attached hydrogen (secondary N) is 1. The number of hydrogen-bond donors (Lipinski definition) is 3. The second-order valence-corrected chi connectivity index (χ2v) is 4.05. The lowest BCUT2D eigenvalue weighted by molar-refractivity contribution is -0.140. The molecule has 12 heavy (non-hydrogen) atoms. The molecule has 3 atom stereocenters. The zero-order chi connectivity index (χ0) is 9.14. The highest BCUT2D eigenvalue weighted by molar-refractivity contribution is 8.00. The second kappa shape index (κ2) is 4.11. The van der Waals surface area contributed by atoms with E-state index >= 15 is 0 Å².